The van der Waals surface area contributed by atoms with Gasteiger partial charge in [0.2, 0.25) is 8.32 Å². The molecule has 2 nitrogen and oxygen atoms in total. The molecule has 1 aromatic rings. The molecule has 0 unspecified atom stereocenters. The Morgan fingerprint density at radius 1 is 1.25 bits per heavy atom. The van der Waals surface area contributed by atoms with E-state index in [0.29, 0.717) is 0 Å². The molecule has 1 heterocycles. The smallest absolute Gasteiger partial charge is 0.242 e. The van der Waals surface area contributed by atoms with Crippen LogP contribution in [0.5, 0.6) is 5.75 Å². The average Bonchev–Trinajstić information content (AvgIpc) is 2.41. The van der Waals surface area contributed by atoms with Gasteiger partial charge in [-0.25, -0.2) is 0 Å². The normalized spacial score (nSPS) is 16.4. The fraction of sp³-hybridized carbons (Fsp3) is 0.538. The van der Waals surface area contributed by atoms with Gasteiger partial charge < -0.3 is 9.74 Å². The van der Waals surface area contributed by atoms with Crippen LogP contribution in [0.25, 0.3) is 0 Å². The van der Waals surface area contributed by atoms with E-state index in [4.69, 9.17) is 4.43 Å². The number of rotatable bonds is 2. The SMILES string of the molecule is C[Si](C)(C)Oc1cccc2c1CCCNC2. The second-order valence-corrected chi connectivity index (χ2v) is 9.82. The predicted molar refractivity (Wildman–Crippen MR) is 70.4 cm³/mol. The summed E-state index contributed by atoms with van der Waals surface area (Å²) in [6, 6.07) is 6.45. The molecular formula is C13H21NOSi. The van der Waals surface area contributed by atoms with E-state index in [1.807, 2.05) is 0 Å². The van der Waals surface area contributed by atoms with Gasteiger partial charge in [0.1, 0.15) is 5.75 Å². The van der Waals surface area contributed by atoms with Crippen LogP contribution in [0.3, 0.4) is 0 Å². The van der Waals surface area contributed by atoms with Gasteiger partial charge in [-0.1, -0.05) is 12.1 Å². The first-order valence-electron chi connectivity index (χ1n) is 6.07. The van der Waals surface area contributed by atoms with Gasteiger partial charge in [-0.05, 0) is 56.2 Å². The van der Waals surface area contributed by atoms with E-state index in [2.05, 4.69) is 43.2 Å². The number of benzene rings is 1. The molecule has 0 amide bonds. The third-order valence-corrected chi connectivity index (χ3v) is 3.57. The lowest BCUT2D eigenvalue weighted by atomic mass is 10.0. The fourth-order valence-electron chi connectivity index (χ4n) is 2.10. The minimum absolute atomic E-state index is 0.984. The van der Waals surface area contributed by atoms with Crippen molar-refractivity contribution in [2.75, 3.05) is 6.54 Å². The zero-order chi connectivity index (χ0) is 11.6. The quantitative estimate of drug-likeness (QED) is 0.796. The largest absolute Gasteiger partial charge is 0.544 e. The van der Waals surface area contributed by atoms with Crippen molar-refractivity contribution in [1.82, 2.24) is 5.32 Å². The number of hydrogen-bond donors (Lipinski definition) is 1. The predicted octanol–water partition coefficient (Wildman–Crippen LogP) is 2.94. The molecule has 0 bridgehead atoms. The van der Waals surface area contributed by atoms with E-state index >= 15 is 0 Å². The van der Waals surface area contributed by atoms with Gasteiger partial charge in [0, 0.05) is 6.54 Å². The Labute approximate surface area is 99.1 Å². The molecule has 1 aromatic carbocycles. The van der Waals surface area contributed by atoms with Gasteiger partial charge in [0.25, 0.3) is 0 Å². The summed E-state index contributed by atoms with van der Waals surface area (Å²) in [5, 5.41) is 3.45. The highest BCUT2D eigenvalue weighted by atomic mass is 28.4. The summed E-state index contributed by atoms with van der Waals surface area (Å²) in [7, 11) is -1.49. The lowest BCUT2D eigenvalue weighted by Crippen LogP contribution is -2.29. The Balaban J connectivity index is 2.31. The van der Waals surface area contributed by atoms with Crippen molar-refractivity contribution >= 4 is 8.32 Å². The molecule has 1 N–H and O–H groups in total. The lowest BCUT2D eigenvalue weighted by Gasteiger charge is -2.22. The number of hydrogen-bond acceptors (Lipinski definition) is 2. The van der Waals surface area contributed by atoms with Crippen molar-refractivity contribution in [2.45, 2.75) is 39.0 Å². The highest BCUT2D eigenvalue weighted by Crippen LogP contribution is 2.27. The van der Waals surface area contributed by atoms with Crippen LogP contribution in [0.15, 0.2) is 18.2 Å². The van der Waals surface area contributed by atoms with E-state index in [9.17, 15) is 0 Å². The molecule has 0 saturated heterocycles. The standard InChI is InChI=1S/C13H21NOSi/c1-16(2,3)15-13-8-4-6-11-10-14-9-5-7-12(11)13/h4,6,8,14H,5,7,9-10H2,1-3H3. The van der Waals surface area contributed by atoms with E-state index < -0.39 is 8.32 Å². The van der Waals surface area contributed by atoms with Crippen LogP contribution in [0.2, 0.25) is 19.6 Å². The van der Waals surface area contributed by atoms with Gasteiger partial charge in [-0.15, -0.1) is 0 Å². The molecule has 0 radical (unpaired) electrons. The van der Waals surface area contributed by atoms with E-state index in [1.54, 1.807) is 0 Å². The summed E-state index contributed by atoms with van der Waals surface area (Å²) in [5.74, 6) is 1.13. The minimum Gasteiger partial charge on any atom is -0.544 e. The van der Waals surface area contributed by atoms with Crippen molar-refractivity contribution in [3.63, 3.8) is 0 Å². The Hall–Kier alpha value is -0.803. The van der Waals surface area contributed by atoms with Gasteiger partial charge in [0.05, 0.1) is 0 Å². The zero-order valence-corrected chi connectivity index (χ0v) is 11.5. The highest BCUT2D eigenvalue weighted by molar-refractivity contribution is 6.70. The summed E-state index contributed by atoms with van der Waals surface area (Å²) in [6.45, 7) is 8.81. The maximum atomic E-state index is 6.17. The number of fused-ring (bicyclic) bond motifs is 1. The van der Waals surface area contributed by atoms with Crippen molar-refractivity contribution in [2.24, 2.45) is 0 Å². The van der Waals surface area contributed by atoms with Crippen LogP contribution in [-0.4, -0.2) is 14.9 Å². The van der Waals surface area contributed by atoms with Crippen LogP contribution in [0, 0.1) is 0 Å². The van der Waals surface area contributed by atoms with Crippen molar-refractivity contribution in [3.05, 3.63) is 29.3 Å². The fourth-order valence-corrected chi connectivity index (χ4v) is 2.95. The Morgan fingerprint density at radius 2 is 2.06 bits per heavy atom. The molecular weight excluding hydrogens is 214 g/mol. The Bertz CT molecular complexity index is 371. The summed E-state index contributed by atoms with van der Waals surface area (Å²) >= 11 is 0. The van der Waals surface area contributed by atoms with E-state index in [-0.39, 0.29) is 0 Å². The topological polar surface area (TPSA) is 21.3 Å². The molecule has 0 fully saturated rings. The molecule has 1 aliphatic heterocycles. The van der Waals surface area contributed by atoms with Crippen LogP contribution >= 0.6 is 0 Å². The molecule has 0 spiro atoms. The third-order valence-electron chi connectivity index (χ3n) is 2.74. The number of nitrogens with one attached hydrogen (secondary N) is 1. The highest BCUT2D eigenvalue weighted by Gasteiger charge is 2.20. The molecule has 1 aliphatic rings. The van der Waals surface area contributed by atoms with Gasteiger partial charge in [-0.2, -0.15) is 0 Å². The van der Waals surface area contributed by atoms with Crippen molar-refractivity contribution in [3.8, 4) is 5.75 Å². The third kappa shape index (κ3) is 2.86. The summed E-state index contributed by atoms with van der Waals surface area (Å²) in [5.41, 5.74) is 2.84. The van der Waals surface area contributed by atoms with Gasteiger partial charge in [0.15, 0.2) is 0 Å². The van der Waals surface area contributed by atoms with E-state index in [1.165, 1.54) is 17.5 Å². The monoisotopic (exact) mass is 235 g/mol. The maximum absolute atomic E-state index is 6.17. The van der Waals surface area contributed by atoms with Crippen LogP contribution in [0.1, 0.15) is 17.5 Å². The minimum atomic E-state index is -1.49. The molecule has 0 aromatic heterocycles. The van der Waals surface area contributed by atoms with Crippen LogP contribution < -0.4 is 9.74 Å². The van der Waals surface area contributed by atoms with Crippen LogP contribution in [0.4, 0.5) is 0 Å². The first-order chi connectivity index (χ1) is 7.56. The molecule has 0 saturated carbocycles. The molecule has 0 atom stereocenters. The Kier molecular flexibility index (Phi) is 3.35. The Morgan fingerprint density at radius 3 is 2.81 bits per heavy atom. The first kappa shape index (κ1) is 11.7. The van der Waals surface area contributed by atoms with Crippen LogP contribution in [-0.2, 0) is 13.0 Å². The molecule has 3 heteroatoms. The molecule has 2 rings (SSSR count). The molecule has 88 valence electrons. The maximum Gasteiger partial charge on any atom is 0.242 e. The molecule has 16 heavy (non-hydrogen) atoms. The summed E-state index contributed by atoms with van der Waals surface area (Å²) in [6.07, 6.45) is 2.35. The average molecular weight is 235 g/mol. The van der Waals surface area contributed by atoms with Crippen molar-refractivity contribution in [1.29, 1.82) is 0 Å². The van der Waals surface area contributed by atoms with Gasteiger partial charge >= 0.3 is 0 Å². The van der Waals surface area contributed by atoms with E-state index in [0.717, 1.165) is 25.3 Å². The first-order valence-corrected chi connectivity index (χ1v) is 9.47. The second-order valence-electron chi connectivity index (χ2n) is 5.39. The van der Waals surface area contributed by atoms with Gasteiger partial charge in [-0.3, -0.25) is 0 Å². The summed E-state index contributed by atoms with van der Waals surface area (Å²) < 4.78 is 6.17. The zero-order valence-electron chi connectivity index (χ0n) is 10.5. The van der Waals surface area contributed by atoms with Crippen molar-refractivity contribution < 1.29 is 4.43 Å². The lowest BCUT2D eigenvalue weighted by molar-refractivity contribution is 0.547. The molecule has 0 aliphatic carbocycles. The second kappa shape index (κ2) is 4.59. The summed E-state index contributed by atoms with van der Waals surface area (Å²) in [4.78, 5) is 0.